The highest BCUT2D eigenvalue weighted by Crippen LogP contribution is 2.36. The van der Waals surface area contributed by atoms with Crippen LogP contribution in [0.5, 0.6) is 0 Å². The summed E-state index contributed by atoms with van der Waals surface area (Å²) in [5, 5.41) is 4.72. The SMILES string of the molecule is C[C@@]1(NC(=O)COC(=O)C[C@H]2Sc3ccccc3NC2=O)CCS(=O)(=O)C1. The molecule has 0 spiro atoms. The summed E-state index contributed by atoms with van der Waals surface area (Å²) < 4.78 is 28.1. The molecule has 3 rings (SSSR count). The van der Waals surface area contributed by atoms with Crippen molar-refractivity contribution in [2.24, 2.45) is 0 Å². The Hall–Kier alpha value is -2.07. The van der Waals surface area contributed by atoms with Crippen molar-refractivity contribution in [2.75, 3.05) is 23.4 Å². The Bertz CT molecular complexity index is 885. The van der Waals surface area contributed by atoms with Gasteiger partial charge in [-0.25, -0.2) is 8.42 Å². The molecule has 10 heteroatoms. The second kappa shape index (κ2) is 7.51. The number of fused-ring (bicyclic) bond motifs is 1. The van der Waals surface area contributed by atoms with Crippen molar-refractivity contribution in [1.29, 1.82) is 0 Å². The van der Waals surface area contributed by atoms with E-state index in [0.717, 1.165) is 4.90 Å². The monoisotopic (exact) mass is 412 g/mol. The van der Waals surface area contributed by atoms with Gasteiger partial charge in [-0.15, -0.1) is 11.8 Å². The van der Waals surface area contributed by atoms with Gasteiger partial charge in [0.15, 0.2) is 16.4 Å². The standard InChI is InChI=1S/C17H20N2O6S2/c1-17(6-7-27(23,24)10-17)19-14(20)9-25-15(21)8-13-16(22)18-11-4-2-3-5-12(11)26-13/h2-5,13H,6-10H2,1H3,(H,18,22)(H,19,20)/t13-,17-/m1/s1. The minimum Gasteiger partial charge on any atom is -0.456 e. The zero-order valence-corrected chi connectivity index (χ0v) is 16.3. The van der Waals surface area contributed by atoms with Crippen molar-refractivity contribution in [3.63, 3.8) is 0 Å². The Balaban J connectivity index is 1.47. The summed E-state index contributed by atoms with van der Waals surface area (Å²) in [5.74, 6) is -1.61. The second-order valence-electron chi connectivity index (χ2n) is 6.91. The molecule has 0 aliphatic carbocycles. The van der Waals surface area contributed by atoms with E-state index < -0.39 is 39.1 Å². The molecule has 8 nitrogen and oxygen atoms in total. The first-order valence-corrected chi connectivity index (χ1v) is 11.1. The maximum Gasteiger partial charge on any atom is 0.307 e. The van der Waals surface area contributed by atoms with E-state index in [-0.39, 0.29) is 23.8 Å². The first-order valence-electron chi connectivity index (χ1n) is 8.39. The Labute approximate surface area is 161 Å². The predicted octanol–water partition coefficient (Wildman–Crippen LogP) is 0.726. The van der Waals surface area contributed by atoms with Gasteiger partial charge in [0.25, 0.3) is 5.91 Å². The number of hydrogen-bond acceptors (Lipinski definition) is 7. The number of rotatable bonds is 5. The van der Waals surface area contributed by atoms with Crippen LogP contribution in [0, 0.1) is 0 Å². The molecule has 1 saturated heterocycles. The molecule has 1 fully saturated rings. The molecule has 2 amide bonds. The number of nitrogens with one attached hydrogen (secondary N) is 2. The van der Waals surface area contributed by atoms with Crippen LogP contribution in [0.15, 0.2) is 29.2 Å². The maximum absolute atomic E-state index is 12.1. The maximum atomic E-state index is 12.1. The summed E-state index contributed by atoms with van der Waals surface area (Å²) in [6.07, 6.45) is 0.164. The molecule has 0 radical (unpaired) electrons. The highest BCUT2D eigenvalue weighted by atomic mass is 32.2. The molecule has 2 aliphatic heterocycles. The topological polar surface area (TPSA) is 119 Å². The third-order valence-corrected chi connectivity index (χ3v) is 7.55. The van der Waals surface area contributed by atoms with Crippen molar-refractivity contribution < 1.29 is 27.5 Å². The zero-order chi connectivity index (χ0) is 19.7. The van der Waals surface area contributed by atoms with Crippen LogP contribution < -0.4 is 10.6 Å². The third-order valence-electron chi connectivity index (χ3n) is 4.37. The van der Waals surface area contributed by atoms with Gasteiger partial charge in [0.05, 0.1) is 34.4 Å². The van der Waals surface area contributed by atoms with Gasteiger partial charge in [0, 0.05) is 4.90 Å². The molecule has 1 aromatic carbocycles. The largest absolute Gasteiger partial charge is 0.456 e. The lowest BCUT2D eigenvalue weighted by molar-refractivity contribution is -0.149. The Morgan fingerprint density at radius 3 is 2.81 bits per heavy atom. The van der Waals surface area contributed by atoms with E-state index >= 15 is 0 Å². The fraction of sp³-hybridized carbons (Fsp3) is 0.471. The average molecular weight is 412 g/mol. The van der Waals surface area contributed by atoms with Gasteiger partial charge in [0.1, 0.15) is 0 Å². The molecule has 146 valence electrons. The molecule has 2 N–H and O–H groups in total. The summed E-state index contributed by atoms with van der Waals surface area (Å²) in [6.45, 7) is 1.14. The summed E-state index contributed by atoms with van der Waals surface area (Å²) in [7, 11) is -3.15. The summed E-state index contributed by atoms with van der Waals surface area (Å²) in [4.78, 5) is 36.9. The van der Waals surface area contributed by atoms with Crippen LogP contribution in [0.2, 0.25) is 0 Å². The van der Waals surface area contributed by atoms with Crippen LogP contribution in [0.4, 0.5) is 5.69 Å². The molecule has 0 unspecified atom stereocenters. The number of ether oxygens (including phenoxy) is 1. The Morgan fingerprint density at radius 1 is 1.37 bits per heavy atom. The van der Waals surface area contributed by atoms with Gasteiger partial charge in [-0.2, -0.15) is 0 Å². The summed E-state index contributed by atoms with van der Waals surface area (Å²) in [5.41, 5.74) is -0.137. The Kier molecular flexibility index (Phi) is 5.48. The number of amides is 2. The van der Waals surface area contributed by atoms with E-state index in [1.54, 1.807) is 13.0 Å². The van der Waals surface area contributed by atoms with Crippen molar-refractivity contribution in [3.05, 3.63) is 24.3 Å². The van der Waals surface area contributed by atoms with Gasteiger partial charge in [0.2, 0.25) is 5.91 Å². The van der Waals surface area contributed by atoms with Crippen molar-refractivity contribution in [3.8, 4) is 0 Å². The number of sulfone groups is 1. The van der Waals surface area contributed by atoms with Crippen LogP contribution >= 0.6 is 11.8 Å². The average Bonchev–Trinajstić information content (AvgIpc) is 2.86. The number of benzene rings is 1. The lowest BCUT2D eigenvalue weighted by atomic mass is 10.0. The molecule has 0 aromatic heterocycles. The van der Waals surface area contributed by atoms with E-state index in [4.69, 9.17) is 4.74 Å². The number of carbonyl (C=O) groups excluding carboxylic acids is 3. The molecule has 2 aliphatic rings. The number of carbonyl (C=O) groups is 3. The number of para-hydroxylation sites is 1. The summed E-state index contributed by atoms with van der Waals surface area (Å²) >= 11 is 1.27. The highest BCUT2D eigenvalue weighted by Gasteiger charge is 2.39. The van der Waals surface area contributed by atoms with Gasteiger partial charge in [-0.3, -0.25) is 14.4 Å². The van der Waals surface area contributed by atoms with E-state index in [9.17, 15) is 22.8 Å². The third kappa shape index (κ3) is 5.01. The summed E-state index contributed by atoms with van der Waals surface area (Å²) in [6, 6.07) is 7.28. The first-order chi connectivity index (χ1) is 12.7. The lowest BCUT2D eigenvalue weighted by Gasteiger charge is -2.24. The fourth-order valence-corrected chi connectivity index (χ4v) is 6.25. The molecular formula is C17H20N2O6S2. The molecule has 2 atom stereocenters. The van der Waals surface area contributed by atoms with Gasteiger partial charge in [-0.05, 0) is 25.5 Å². The molecule has 1 aromatic rings. The Morgan fingerprint density at radius 2 is 2.11 bits per heavy atom. The molecule has 2 heterocycles. The molecular weight excluding hydrogens is 392 g/mol. The quantitative estimate of drug-likeness (QED) is 0.684. The van der Waals surface area contributed by atoms with Crippen LogP contribution in [-0.4, -0.2) is 55.1 Å². The van der Waals surface area contributed by atoms with E-state index in [2.05, 4.69) is 10.6 Å². The smallest absolute Gasteiger partial charge is 0.307 e. The number of hydrogen-bond donors (Lipinski definition) is 2. The van der Waals surface area contributed by atoms with E-state index in [1.807, 2.05) is 18.2 Å². The number of thioether (sulfide) groups is 1. The van der Waals surface area contributed by atoms with Crippen LogP contribution in [0.25, 0.3) is 0 Å². The van der Waals surface area contributed by atoms with Crippen molar-refractivity contribution in [2.45, 2.75) is 35.4 Å². The first kappa shape index (κ1) is 19.7. The van der Waals surface area contributed by atoms with Gasteiger partial charge < -0.3 is 15.4 Å². The number of anilines is 1. The van der Waals surface area contributed by atoms with Gasteiger partial charge >= 0.3 is 5.97 Å². The molecule has 0 bridgehead atoms. The van der Waals surface area contributed by atoms with E-state index in [1.165, 1.54) is 11.8 Å². The predicted molar refractivity (Wildman–Crippen MR) is 100 cm³/mol. The minimum absolute atomic E-state index is 0.0268. The lowest BCUT2D eigenvalue weighted by Crippen LogP contribution is -2.48. The number of esters is 1. The minimum atomic E-state index is -3.15. The van der Waals surface area contributed by atoms with Crippen molar-refractivity contribution in [1.82, 2.24) is 5.32 Å². The molecule has 0 saturated carbocycles. The normalized spacial score (nSPS) is 26.0. The van der Waals surface area contributed by atoms with Crippen LogP contribution in [0.3, 0.4) is 0 Å². The van der Waals surface area contributed by atoms with E-state index in [0.29, 0.717) is 12.1 Å². The second-order valence-corrected chi connectivity index (χ2v) is 10.3. The van der Waals surface area contributed by atoms with Crippen LogP contribution in [0.1, 0.15) is 19.8 Å². The molecule has 27 heavy (non-hydrogen) atoms. The highest BCUT2D eigenvalue weighted by molar-refractivity contribution is 8.01. The van der Waals surface area contributed by atoms with Gasteiger partial charge in [-0.1, -0.05) is 12.1 Å². The van der Waals surface area contributed by atoms with Crippen LogP contribution in [-0.2, 0) is 29.0 Å². The fourth-order valence-electron chi connectivity index (χ4n) is 3.07. The zero-order valence-electron chi connectivity index (χ0n) is 14.7. The van der Waals surface area contributed by atoms with Crippen molar-refractivity contribution >= 4 is 45.1 Å².